The summed E-state index contributed by atoms with van der Waals surface area (Å²) in [6.07, 6.45) is 0. The molecule has 2 aliphatic rings. The first kappa shape index (κ1) is 16.4. The average molecular weight is 348 g/mol. The third-order valence-electron chi connectivity index (χ3n) is 5.07. The first-order valence-corrected chi connectivity index (χ1v) is 8.61. The minimum Gasteiger partial charge on any atom is -0.271 e. The van der Waals surface area contributed by atoms with Crippen molar-refractivity contribution in [2.24, 2.45) is 10.3 Å². The molecule has 0 aliphatic carbocycles. The Kier molecular flexibility index (Phi) is 3.64. The molecule has 0 aromatic heterocycles. The first-order chi connectivity index (χ1) is 12.4. The molecule has 0 radical (unpaired) electrons. The van der Waals surface area contributed by atoms with Gasteiger partial charge in [-0.25, -0.2) is 9.91 Å². The maximum absolute atomic E-state index is 13.1. The van der Waals surface area contributed by atoms with Crippen molar-refractivity contribution in [1.29, 1.82) is 0 Å². The summed E-state index contributed by atoms with van der Waals surface area (Å²) in [5, 5.41) is 9.86. The zero-order chi connectivity index (χ0) is 18.6. The van der Waals surface area contributed by atoms with E-state index in [1.165, 1.54) is 4.90 Å². The van der Waals surface area contributed by atoms with E-state index in [0.29, 0.717) is 5.69 Å². The van der Waals surface area contributed by atoms with E-state index in [-0.39, 0.29) is 11.8 Å². The third kappa shape index (κ3) is 2.33. The Balaban J connectivity index is 1.75. The number of anilines is 2. The van der Waals surface area contributed by atoms with Crippen LogP contribution in [0.1, 0.15) is 22.3 Å². The zero-order valence-electron chi connectivity index (χ0n) is 15.2. The van der Waals surface area contributed by atoms with Gasteiger partial charge in [-0.2, -0.15) is 5.11 Å². The normalized spacial score (nSPS) is 21.7. The number of hydrogen-bond acceptors (Lipinski definition) is 5. The Morgan fingerprint density at radius 3 is 2.31 bits per heavy atom. The molecule has 6 heteroatoms. The Labute approximate surface area is 152 Å². The van der Waals surface area contributed by atoms with Gasteiger partial charge in [-0.1, -0.05) is 23.4 Å². The van der Waals surface area contributed by atoms with Crippen molar-refractivity contribution in [3.63, 3.8) is 0 Å². The molecule has 6 nitrogen and oxygen atoms in total. The number of carbonyl (C=O) groups is 2. The summed E-state index contributed by atoms with van der Waals surface area (Å²) in [4.78, 5) is 27.3. The molecule has 2 atom stereocenters. The molecule has 0 spiro atoms. The number of imide groups is 1. The van der Waals surface area contributed by atoms with Gasteiger partial charge in [0.1, 0.15) is 0 Å². The summed E-state index contributed by atoms with van der Waals surface area (Å²) in [6.45, 7) is 7.89. The second-order valence-corrected chi connectivity index (χ2v) is 7.02. The topological polar surface area (TPSA) is 65.3 Å². The fourth-order valence-corrected chi connectivity index (χ4v) is 3.68. The number of benzene rings is 2. The predicted molar refractivity (Wildman–Crippen MR) is 99.2 cm³/mol. The van der Waals surface area contributed by atoms with Crippen LogP contribution in [0.15, 0.2) is 46.7 Å². The van der Waals surface area contributed by atoms with E-state index in [1.54, 1.807) is 5.01 Å². The number of fused-ring (bicyclic) bond motifs is 1. The van der Waals surface area contributed by atoms with Crippen LogP contribution in [-0.2, 0) is 9.59 Å². The highest BCUT2D eigenvalue weighted by Gasteiger charge is 2.55. The molecular weight excluding hydrogens is 328 g/mol. The van der Waals surface area contributed by atoms with Crippen LogP contribution in [0, 0.1) is 27.7 Å². The Bertz CT molecular complexity index is 946. The van der Waals surface area contributed by atoms with Gasteiger partial charge in [0.25, 0.3) is 11.8 Å². The first-order valence-electron chi connectivity index (χ1n) is 8.61. The molecule has 26 heavy (non-hydrogen) atoms. The smallest absolute Gasteiger partial charge is 0.263 e. The van der Waals surface area contributed by atoms with Crippen LogP contribution in [0.4, 0.5) is 11.4 Å². The van der Waals surface area contributed by atoms with Gasteiger partial charge >= 0.3 is 0 Å². The zero-order valence-corrected chi connectivity index (χ0v) is 15.2. The minimum atomic E-state index is -0.789. The molecule has 0 N–H and O–H groups in total. The number of hydrogen-bond donors (Lipinski definition) is 0. The van der Waals surface area contributed by atoms with E-state index in [2.05, 4.69) is 10.3 Å². The highest BCUT2D eigenvalue weighted by atomic mass is 16.2. The van der Waals surface area contributed by atoms with Crippen LogP contribution in [0.5, 0.6) is 0 Å². The lowest BCUT2D eigenvalue weighted by molar-refractivity contribution is -0.121. The molecule has 0 bridgehead atoms. The van der Waals surface area contributed by atoms with E-state index in [4.69, 9.17) is 0 Å². The standard InChI is InChI=1S/C20H20N4O2/c1-11-8-12(2)10-15(9-11)23-19(25)17-18(20(23)26)24(22-21-17)16-7-5-6-13(3)14(16)4/h5-10,17-18H,1-4H3/t17-,18+/m0/s1. The van der Waals surface area contributed by atoms with Crippen LogP contribution in [0.25, 0.3) is 0 Å². The van der Waals surface area contributed by atoms with Crippen molar-refractivity contribution in [2.75, 3.05) is 9.91 Å². The van der Waals surface area contributed by atoms with Gasteiger partial charge in [0, 0.05) is 0 Å². The number of aryl methyl sites for hydroxylation is 3. The Hall–Kier alpha value is -3.02. The molecule has 2 aliphatic heterocycles. The highest BCUT2D eigenvalue weighted by Crippen LogP contribution is 2.37. The van der Waals surface area contributed by atoms with E-state index in [9.17, 15) is 9.59 Å². The maximum Gasteiger partial charge on any atom is 0.263 e. The number of nitrogens with zero attached hydrogens (tertiary/aromatic N) is 4. The Morgan fingerprint density at radius 1 is 0.923 bits per heavy atom. The molecule has 2 amide bonds. The number of amides is 2. The van der Waals surface area contributed by atoms with Gasteiger partial charge in [0.2, 0.25) is 0 Å². The second-order valence-electron chi connectivity index (χ2n) is 7.02. The molecule has 2 aromatic rings. The van der Waals surface area contributed by atoms with Crippen LogP contribution >= 0.6 is 0 Å². The summed E-state index contributed by atoms with van der Waals surface area (Å²) in [7, 11) is 0. The Morgan fingerprint density at radius 2 is 1.62 bits per heavy atom. The predicted octanol–water partition coefficient (Wildman–Crippen LogP) is 3.42. The highest BCUT2D eigenvalue weighted by molar-refractivity contribution is 6.26. The van der Waals surface area contributed by atoms with E-state index in [1.807, 2.05) is 64.1 Å². The van der Waals surface area contributed by atoms with E-state index >= 15 is 0 Å². The molecular formula is C20H20N4O2. The lowest BCUT2D eigenvalue weighted by Gasteiger charge is -2.23. The minimum absolute atomic E-state index is 0.282. The SMILES string of the molecule is Cc1cc(C)cc(N2C(=O)[C@H]3N=NN(c4cccc(C)c4C)[C@H]3C2=O)c1. The lowest BCUT2D eigenvalue weighted by Crippen LogP contribution is -2.40. The summed E-state index contributed by atoms with van der Waals surface area (Å²) >= 11 is 0. The summed E-state index contributed by atoms with van der Waals surface area (Å²) in [5.74, 6) is -0.600. The monoisotopic (exact) mass is 348 g/mol. The fraction of sp³-hybridized carbons (Fsp3) is 0.300. The quantitative estimate of drug-likeness (QED) is 0.781. The van der Waals surface area contributed by atoms with Gasteiger partial charge in [0.05, 0.1) is 11.4 Å². The molecule has 0 saturated carbocycles. The summed E-state index contributed by atoms with van der Waals surface area (Å²) < 4.78 is 0. The third-order valence-corrected chi connectivity index (χ3v) is 5.07. The molecule has 2 heterocycles. The molecule has 0 unspecified atom stereocenters. The number of rotatable bonds is 2. The van der Waals surface area contributed by atoms with E-state index < -0.39 is 12.1 Å². The van der Waals surface area contributed by atoms with Gasteiger partial charge in [-0.05, 0) is 68.1 Å². The lowest BCUT2D eigenvalue weighted by atomic mass is 10.1. The average Bonchev–Trinajstić information content (AvgIpc) is 3.10. The molecule has 1 saturated heterocycles. The van der Waals surface area contributed by atoms with Crippen molar-refractivity contribution in [3.8, 4) is 0 Å². The van der Waals surface area contributed by atoms with Crippen molar-refractivity contribution in [2.45, 2.75) is 39.8 Å². The van der Waals surface area contributed by atoms with Gasteiger partial charge < -0.3 is 0 Å². The van der Waals surface area contributed by atoms with Crippen LogP contribution < -0.4 is 9.91 Å². The summed E-state index contributed by atoms with van der Waals surface area (Å²) in [6, 6.07) is 10.0. The maximum atomic E-state index is 13.1. The molecule has 4 rings (SSSR count). The second kappa shape index (κ2) is 5.76. The van der Waals surface area contributed by atoms with Gasteiger partial charge in [-0.15, -0.1) is 0 Å². The number of carbonyl (C=O) groups excluding carboxylic acids is 2. The van der Waals surface area contributed by atoms with Crippen molar-refractivity contribution < 1.29 is 9.59 Å². The molecule has 2 aromatic carbocycles. The van der Waals surface area contributed by atoms with E-state index in [0.717, 1.165) is 27.9 Å². The summed E-state index contributed by atoms with van der Waals surface area (Å²) in [5.41, 5.74) is 5.55. The van der Waals surface area contributed by atoms with Gasteiger partial charge in [-0.3, -0.25) is 9.59 Å². The largest absolute Gasteiger partial charge is 0.271 e. The van der Waals surface area contributed by atoms with Crippen LogP contribution in [-0.4, -0.2) is 23.9 Å². The van der Waals surface area contributed by atoms with Crippen LogP contribution in [0.3, 0.4) is 0 Å². The fourth-order valence-electron chi connectivity index (χ4n) is 3.68. The molecule has 132 valence electrons. The van der Waals surface area contributed by atoms with Crippen molar-refractivity contribution >= 4 is 23.2 Å². The van der Waals surface area contributed by atoms with Crippen molar-refractivity contribution in [3.05, 3.63) is 58.7 Å². The van der Waals surface area contributed by atoms with Crippen molar-refractivity contribution in [1.82, 2.24) is 0 Å². The van der Waals surface area contributed by atoms with Gasteiger partial charge in [0.15, 0.2) is 12.1 Å². The van der Waals surface area contributed by atoms with Crippen LogP contribution in [0.2, 0.25) is 0 Å². The molecule has 1 fully saturated rings.